The number of rotatable bonds is 4. The number of halogens is 5. The molecule has 2 rings (SSSR count). The summed E-state index contributed by atoms with van der Waals surface area (Å²) in [6.45, 7) is 0. The van der Waals surface area contributed by atoms with Crippen LogP contribution in [0.2, 0.25) is 10.0 Å². The number of benzene rings is 2. The molecule has 2 nitrogen and oxygen atoms in total. The summed E-state index contributed by atoms with van der Waals surface area (Å²) >= 11 is 11.3. The average molecular weight is 364 g/mol. The van der Waals surface area contributed by atoms with Crippen LogP contribution in [-0.2, 0) is 0 Å². The van der Waals surface area contributed by atoms with Crippen LogP contribution < -0.4 is 5.32 Å². The molecule has 116 valence electrons. The first-order chi connectivity index (χ1) is 10.1. The van der Waals surface area contributed by atoms with Crippen LogP contribution in [0.1, 0.15) is 0 Å². The Morgan fingerprint density at radius 3 is 2.23 bits per heavy atom. The summed E-state index contributed by atoms with van der Waals surface area (Å²) in [6, 6.07) is 8.48. The second-order valence-electron chi connectivity index (χ2n) is 4.01. The Balaban J connectivity index is 0.00000242. The Bertz CT molecular complexity index is 703. The van der Waals surface area contributed by atoms with E-state index in [0.29, 0.717) is 11.4 Å². The third-order valence-corrected chi connectivity index (χ3v) is 3.06. The molecule has 1 N–H and O–H groups in total. The molecule has 0 fully saturated rings. The van der Waals surface area contributed by atoms with Crippen LogP contribution in [0.4, 0.5) is 20.2 Å². The van der Waals surface area contributed by atoms with Crippen LogP contribution >= 0.6 is 35.6 Å². The van der Waals surface area contributed by atoms with Gasteiger partial charge in [0, 0.05) is 18.1 Å². The molecule has 0 amide bonds. The highest BCUT2D eigenvalue weighted by molar-refractivity contribution is 6.31. The maximum atomic E-state index is 13.0. The van der Waals surface area contributed by atoms with Gasteiger partial charge in [0.15, 0.2) is 0 Å². The summed E-state index contributed by atoms with van der Waals surface area (Å²) in [4.78, 5) is 4.08. The number of nitrogens with zero attached hydrogens (tertiary/aromatic N) is 1. The molecule has 0 aromatic heterocycles. The molecule has 2 aromatic carbocycles. The summed E-state index contributed by atoms with van der Waals surface area (Å²) in [5.41, 5.74) is 1.19. The molecular weight excluding hydrogens is 353 g/mol. The summed E-state index contributed by atoms with van der Waals surface area (Å²) < 4.78 is 25.9. The van der Waals surface area contributed by atoms with Gasteiger partial charge in [-0.05, 0) is 42.5 Å². The van der Waals surface area contributed by atoms with Crippen molar-refractivity contribution in [2.24, 2.45) is 4.99 Å². The van der Waals surface area contributed by atoms with Gasteiger partial charge in [-0.25, -0.2) is 8.78 Å². The van der Waals surface area contributed by atoms with Gasteiger partial charge in [-0.1, -0.05) is 23.2 Å². The van der Waals surface area contributed by atoms with E-state index in [4.69, 9.17) is 23.2 Å². The van der Waals surface area contributed by atoms with E-state index in [1.165, 1.54) is 36.5 Å². The van der Waals surface area contributed by atoms with E-state index in [0.717, 1.165) is 0 Å². The molecule has 2 aromatic rings. The summed E-state index contributed by atoms with van der Waals surface area (Å²) in [5, 5.41) is 2.98. The van der Waals surface area contributed by atoms with Crippen LogP contribution in [-0.4, -0.2) is 6.21 Å². The number of aliphatic imine (C=N–C) groups is 1. The molecule has 22 heavy (non-hydrogen) atoms. The van der Waals surface area contributed by atoms with E-state index >= 15 is 0 Å². The second-order valence-corrected chi connectivity index (χ2v) is 4.82. The normalized spacial score (nSPS) is 10.9. The number of hydrogen-bond acceptors (Lipinski definition) is 2. The first-order valence-corrected chi connectivity index (χ1v) is 6.68. The third kappa shape index (κ3) is 5.30. The lowest BCUT2D eigenvalue weighted by Gasteiger charge is -2.01. The van der Waals surface area contributed by atoms with E-state index in [9.17, 15) is 8.78 Å². The Morgan fingerprint density at radius 2 is 1.59 bits per heavy atom. The predicted octanol–water partition coefficient (Wildman–Crippen LogP) is 6.02. The van der Waals surface area contributed by atoms with Crippen molar-refractivity contribution < 1.29 is 8.78 Å². The number of hydrogen-bond donors (Lipinski definition) is 1. The highest BCUT2D eigenvalue weighted by Gasteiger charge is 1.99. The van der Waals surface area contributed by atoms with Crippen LogP contribution in [0.15, 0.2) is 53.7 Å². The first-order valence-electron chi connectivity index (χ1n) is 5.92. The molecule has 0 saturated heterocycles. The van der Waals surface area contributed by atoms with Crippen molar-refractivity contribution in [1.82, 2.24) is 0 Å². The quantitative estimate of drug-likeness (QED) is 0.660. The smallest absolute Gasteiger partial charge is 0.141 e. The fourth-order valence-electron chi connectivity index (χ4n) is 1.47. The third-order valence-electron chi connectivity index (χ3n) is 2.48. The highest BCUT2D eigenvalue weighted by atomic mass is 35.5. The van der Waals surface area contributed by atoms with Crippen molar-refractivity contribution in [3.8, 4) is 0 Å². The van der Waals surface area contributed by atoms with Gasteiger partial charge in [-0.15, -0.1) is 12.4 Å². The molecule has 0 radical (unpaired) electrons. The van der Waals surface area contributed by atoms with Gasteiger partial charge in [0.05, 0.1) is 15.7 Å². The molecule has 0 heterocycles. The minimum atomic E-state index is -0.485. The molecule has 7 heteroatoms. The Kier molecular flexibility index (Phi) is 7.32. The van der Waals surface area contributed by atoms with Crippen LogP contribution in [0.5, 0.6) is 0 Å². The van der Waals surface area contributed by atoms with E-state index in [1.807, 2.05) is 0 Å². The van der Waals surface area contributed by atoms with Crippen molar-refractivity contribution in [1.29, 1.82) is 0 Å². The Morgan fingerprint density at radius 1 is 0.955 bits per heavy atom. The minimum Gasteiger partial charge on any atom is -0.362 e. The summed E-state index contributed by atoms with van der Waals surface area (Å²) in [5.74, 6) is -0.957. The van der Waals surface area contributed by atoms with Crippen LogP contribution in [0.3, 0.4) is 0 Å². The van der Waals surface area contributed by atoms with Crippen molar-refractivity contribution in [3.63, 3.8) is 0 Å². The molecular formula is C15H11Cl3F2N2. The van der Waals surface area contributed by atoms with E-state index in [-0.39, 0.29) is 22.5 Å². The number of anilines is 1. The zero-order valence-corrected chi connectivity index (χ0v) is 13.4. The Labute approximate surface area is 142 Å². The van der Waals surface area contributed by atoms with Crippen molar-refractivity contribution in [2.45, 2.75) is 0 Å². The fraction of sp³-hybridized carbons (Fsp3) is 0. The van der Waals surface area contributed by atoms with Gasteiger partial charge in [0.1, 0.15) is 11.6 Å². The zero-order chi connectivity index (χ0) is 15.2. The van der Waals surface area contributed by atoms with Crippen molar-refractivity contribution >= 4 is 53.2 Å². The summed E-state index contributed by atoms with van der Waals surface area (Å²) in [6.07, 6.45) is 4.76. The van der Waals surface area contributed by atoms with E-state index in [2.05, 4.69) is 10.3 Å². The molecule has 0 aliphatic carbocycles. The van der Waals surface area contributed by atoms with Gasteiger partial charge in [-0.2, -0.15) is 0 Å². The zero-order valence-electron chi connectivity index (χ0n) is 11.1. The Hall–Kier alpha value is -1.62. The first kappa shape index (κ1) is 18.4. The monoisotopic (exact) mass is 362 g/mol. The lowest BCUT2D eigenvalue weighted by molar-refractivity contribution is 0.628. The molecule has 0 aliphatic rings. The van der Waals surface area contributed by atoms with Gasteiger partial charge >= 0.3 is 0 Å². The van der Waals surface area contributed by atoms with Crippen molar-refractivity contribution in [3.05, 3.63) is 70.4 Å². The van der Waals surface area contributed by atoms with Gasteiger partial charge in [0.25, 0.3) is 0 Å². The molecule has 0 aliphatic heterocycles. The van der Waals surface area contributed by atoms with Gasteiger partial charge in [0.2, 0.25) is 0 Å². The molecule has 0 bridgehead atoms. The molecule has 0 saturated carbocycles. The highest BCUT2D eigenvalue weighted by Crippen LogP contribution is 2.21. The van der Waals surface area contributed by atoms with Gasteiger partial charge < -0.3 is 5.32 Å². The van der Waals surface area contributed by atoms with Crippen LogP contribution in [0, 0.1) is 11.6 Å². The summed E-state index contributed by atoms with van der Waals surface area (Å²) in [7, 11) is 0. The largest absolute Gasteiger partial charge is 0.362 e. The topological polar surface area (TPSA) is 24.4 Å². The second kappa shape index (κ2) is 8.73. The lowest BCUT2D eigenvalue weighted by atomic mass is 10.3. The van der Waals surface area contributed by atoms with Crippen molar-refractivity contribution in [2.75, 3.05) is 5.32 Å². The lowest BCUT2D eigenvalue weighted by Crippen LogP contribution is -1.88. The average Bonchev–Trinajstić information content (AvgIpc) is 2.46. The predicted molar refractivity (Wildman–Crippen MR) is 91.0 cm³/mol. The fourth-order valence-corrected chi connectivity index (χ4v) is 1.82. The molecule has 0 spiro atoms. The van der Waals surface area contributed by atoms with E-state index in [1.54, 1.807) is 18.3 Å². The minimum absolute atomic E-state index is 0. The van der Waals surface area contributed by atoms with Crippen LogP contribution in [0.25, 0.3) is 0 Å². The maximum Gasteiger partial charge on any atom is 0.141 e. The standard InChI is InChI=1S/C15H10Cl2F2N2.ClH/c16-12-8-10(2-4-14(12)18)20-6-1-7-21-11-3-5-15(19)13(17)9-11;/h1-9,20H;1H/b6-1+,21-7?;. The maximum absolute atomic E-state index is 13.0. The molecule has 0 atom stereocenters. The molecule has 0 unspecified atom stereocenters. The van der Waals surface area contributed by atoms with E-state index < -0.39 is 11.6 Å². The number of allylic oxidation sites excluding steroid dienone is 1. The number of nitrogens with one attached hydrogen (secondary N) is 1. The van der Waals surface area contributed by atoms with Gasteiger partial charge in [-0.3, -0.25) is 4.99 Å². The SMILES string of the molecule is Cl.Fc1ccc(N=C/C=C/Nc2ccc(F)c(Cl)c2)cc1Cl.